The Morgan fingerprint density at radius 1 is 1.40 bits per heavy atom. The molecule has 0 aliphatic rings. The lowest BCUT2D eigenvalue weighted by atomic mass is 10.2. The van der Waals surface area contributed by atoms with E-state index < -0.39 is 0 Å². The number of hydrogen-bond acceptors (Lipinski definition) is 3. The Kier molecular flexibility index (Phi) is 3.90. The number of phenolic OH excluding ortho intramolecular Hbond substituents is 1. The Hall–Kier alpha value is -1.79. The maximum absolute atomic E-state index is 9.37. The first-order valence-electron chi connectivity index (χ1n) is 4.23. The third-order valence-corrected chi connectivity index (χ3v) is 2.02. The molecular formula is C11H9ClN2O. The largest absolute Gasteiger partial charge is 0.506 e. The molecule has 1 N–H and O–H groups in total. The first-order valence-corrected chi connectivity index (χ1v) is 4.61. The molecule has 0 fully saturated rings. The average molecular weight is 221 g/mol. The molecule has 0 saturated heterocycles. The van der Waals surface area contributed by atoms with E-state index in [1.165, 1.54) is 13.0 Å². The van der Waals surface area contributed by atoms with Crippen molar-refractivity contribution < 1.29 is 5.11 Å². The predicted molar refractivity (Wildman–Crippen MR) is 59.7 cm³/mol. The standard InChI is InChI=1S/C9H6ClNO.C2H3N/c10-7-3-4-8(12)9-6(7)2-1-5-11-9;1-2-3/h1-5,12H;1H3. The smallest absolute Gasteiger partial charge is 0.141 e. The van der Waals surface area contributed by atoms with Crippen LogP contribution in [0.5, 0.6) is 5.75 Å². The molecule has 3 nitrogen and oxygen atoms in total. The molecule has 4 heteroatoms. The molecule has 0 spiro atoms. The molecule has 0 radical (unpaired) electrons. The van der Waals surface area contributed by atoms with Gasteiger partial charge in [0.2, 0.25) is 0 Å². The minimum absolute atomic E-state index is 0.162. The van der Waals surface area contributed by atoms with Gasteiger partial charge < -0.3 is 5.11 Å². The van der Waals surface area contributed by atoms with E-state index in [1.54, 1.807) is 24.4 Å². The SMILES string of the molecule is CC#N.Oc1ccc(Cl)c2cccnc12. The molecule has 2 aromatic rings. The Morgan fingerprint density at radius 2 is 2.07 bits per heavy atom. The van der Waals surface area contributed by atoms with E-state index in [4.69, 9.17) is 16.9 Å². The van der Waals surface area contributed by atoms with Gasteiger partial charge in [-0.1, -0.05) is 11.6 Å². The number of benzene rings is 1. The van der Waals surface area contributed by atoms with Gasteiger partial charge in [0, 0.05) is 18.5 Å². The Balaban J connectivity index is 0.000000337. The number of pyridine rings is 1. The molecule has 0 aliphatic carbocycles. The number of nitrogens with zero attached hydrogens (tertiary/aromatic N) is 2. The summed E-state index contributed by atoms with van der Waals surface area (Å²) in [5.74, 6) is 0.162. The van der Waals surface area contributed by atoms with Gasteiger partial charge in [-0.2, -0.15) is 5.26 Å². The van der Waals surface area contributed by atoms with Crippen molar-refractivity contribution in [3.05, 3.63) is 35.5 Å². The Morgan fingerprint density at radius 3 is 2.67 bits per heavy atom. The van der Waals surface area contributed by atoms with Crippen LogP contribution in [0.1, 0.15) is 6.92 Å². The first kappa shape index (κ1) is 11.3. The lowest BCUT2D eigenvalue weighted by Crippen LogP contribution is -1.78. The second kappa shape index (κ2) is 5.18. The first-order chi connectivity index (χ1) is 7.20. The zero-order chi connectivity index (χ0) is 11.3. The molecule has 0 saturated carbocycles. The van der Waals surface area contributed by atoms with Gasteiger partial charge in [0.25, 0.3) is 0 Å². The fourth-order valence-electron chi connectivity index (χ4n) is 1.12. The van der Waals surface area contributed by atoms with Crippen LogP contribution in [0.15, 0.2) is 30.5 Å². The third-order valence-electron chi connectivity index (χ3n) is 1.70. The highest BCUT2D eigenvalue weighted by Gasteiger charge is 2.02. The summed E-state index contributed by atoms with van der Waals surface area (Å²) in [6.45, 7) is 1.43. The number of halogens is 1. The summed E-state index contributed by atoms with van der Waals surface area (Å²) >= 11 is 5.88. The van der Waals surface area contributed by atoms with Crippen molar-refractivity contribution >= 4 is 22.5 Å². The van der Waals surface area contributed by atoms with Crippen LogP contribution in [-0.4, -0.2) is 10.1 Å². The van der Waals surface area contributed by atoms with Crippen molar-refractivity contribution in [1.29, 1.82) is 5.26 Å². The summed E-state index contributed by atoms with van der Waals surface area (Å²) < 4.78 is 0. The Labute approximate surface area is 92.6 Å². The van der Waals surface area contributed by atoms with Crippen molar-refractivity contribution in [2.24, 2.45) is 0 Å². The van der Waals surface area contributed by atoms with E-state index in [0.717, 1.165) is 5.39 Å². The van der Waals surface area contributed by atoms with E-state index >= 15 is 0 Å². The highest BCUT2D eigenvalue weighted by atomic mass is 35.5. The molecule has 2 rings (SSSR count). The summed E-state index contributed by atoms with van der Waals surface area (Å²) in [6.07, 6.45) is 1.62. The fourth-order valence-corrected chi connectivity index (χ4v) is 1.34. The van der Waals surface area contributed by atoms with Gasteiger partial charge in [-0.3, -0.25) is 4.98 Å². The van der Waals surface area contributed by atoms with E-state index in [0.29, 0.717) is 10.5 Å². The van der Waals surface area contributed by atoms with Crippen LogP contribution in [0, 0.1) is 11.3 Å². The van der Waals surface area contributed by atoms with Crippen LogP contribution >= 0.6 is 11.6 Å². The van der Waals surface area contributed by atoms with Gasteiger partial charge in [0.1, 0.15) is 11.3 Å². The normalized spacial score (nSPS) is 8.87. The van der Waals surface area contributed by atoms with E-state index in [2.05, 4.69) is 4.98 Å². The second-order valence-corrected chi connectivity index (χ2v) is 3.10. The minimum atomic E-state index is 0.162. The lowest BCUT2D eigenvalue weighted by molar-refractivity contribution is 0.480. The fraction of sp³-hybridized carbons (Fsp3) is 0.0909. The van der Waals surface area contributed by atoms with Crippen molar-refractivity contribution in [2.45, 2.75) is 6.92 Å². The van der Waals surface area contributed by atoms with Crippen LogP contribution in [-0.2, 0) is 0 Å². The molecule has 0 amide bonds. The monoisotopic (exact) mass is 220 g/mol. The molecule has 0 unspecified atom stereocenters. The molecule has 0 bridgehead atoms. The summed E-state index contributed by atoms with van der Waals surface area (Å²) in [5, 5.41) is 18.1. The van der Waals surface area contributed by atoms with E-state index in [-0.39, 0.29) is 5.75 Å². The van der Waals surface area contributed by atoms with Crippen molar-refractivity contribution in [3.63, 3.8) is 0 Å². The number of hydrogen-bond donors (Lipinski definition) is 1. The minimum Gasteiger partial charge on any atom is -0.506 e. The van der Waals surface area contributed by atoms with Crippen LogP contribution in [0.3, 0.4) is 0 Å². The average Bonchev–Trinajstić information content (AvgIpc) is 2.25. The van der Waals surface area contributed by atoms with Crippen LogP contribution in [0.2, 0.25) is 5.02 Å². The van der Waals surface area contributed by atoms with Gasteiger partial charge in [0.05, 0.1) is 11.1 Å². The summed E-state index contributed by atoms with van der Waals surface area (Å²) in [7, 11) is 0. The van der Waals surface area contributed by atoms with Gasteiger partial charge >= 0.3 is 0 Å². The molecule has 1 aromatic heterocycles. The van der Waals surface area contributed by atoms with E-state index in [1.807, 2.05) is 6.07 Å². The molecule has 0 aliphatic heterocycles. The van der Waals surface area contributed by atoms with Crippen LogP contribution in [0.4, 0.5) is 0 Å². The molecule has 1 aromatic carbocycles. The topological polar surface area (TPSA) is 56.9 Å². The second-order valence-electron chi connectivity index (χ2n) is 2.69. The number of phenols is 1. The number of aromatic nitrogens is 1. The highest BCUT2D eigenvalue weighted by molar-refractivity contribution is 6.35. The van der Waals surface area contributed by atoms with Gasteiger partial charge in [-0.05, 0) is 24.3 Å². The number of rotatable bonds is 0. The number of fused-ring (bicyclic) bond motifs is 1. The highest BCUT2D eigenvalue weighted by Crippen LogP contribution is 2.28. The molecule has 76 valence electrons. The summed E-state index contributed by atoms with van der Waals surface area (Å²) in [5.41, 5.74) is 0.546. The van der Waals surface area contributed by atoms with Crippen LogP contribution < -0.4 is 0 Å². The van der Waals surface area contributed by atoms with Gasteiger partial charge in [0.15, 0.2) is 0 Å². The molecule has 1 heterocycles. The zero-order valence-corrected chi connectivity index (χ0v) is 8.86. The van der Waals surface area contributed by atoms with Crippen molar-refractivity contribution in [1.82, 2.24) is 4.98 Å². The quantitative estimate of drug-likeness (QED) is 0.742. The summed E-state index contributed by atoms with van der Waals surface area (Å²) in [4.78, 5) is 4.01. The van der Waals surface area contributed by atoms with Crippen LogP contribution in [0.25, 0.3) is 10.9 Å². The Bertz CT molecular complexity index is 465. The van der Waals surface area contributed by atoms with E-state index in [9.17, 15) is 5.11 Å². The number of aromatic hydroxyl groups is 1. The third kappa shape index (κ3) is 2.58. The van der Waals surface area contributed by atoms with Gasteiger partial charge in [-0.15, -0.1) is 0 Å². The summed E-state index contributed by atoms with van der Waals surface area (Å²) in [6, 6.07) is 8.55. The number of nitriles is 1. The molecule has 0 atom stereocenters. The zero-order valence-electron chi connectivity index (χ0n) is 8.11. The predicted octanol–water partition coefficient (Wildman–Crippen LogP) is 3.12. The van der Waals surface area contributed by atoms with Crippen molar-refractivity contribution in [2.75, 3.05) is 0 Å². The van der Waals surface area contributed by atoms with Gasteiger partial charge in [-0.25, -0.2) is 0 Å². The lowest BCUT2D eigenvalue weighted by Gasteiger charge is -2.00. The molecular weight excluding hydrogens is 212 g/mol. The maximum Gasteiger partial charge on any atom is 0.141 e. The molecule has 15 heavy (non-hydrogen) atoms. The van der Waals surface area contributed by atoms with Crippen molar-refractivity contribution in [3.8, 4) is 11.8 Å². The maximum atomic E-state index is 9.37.